The van der Waals surface area contributed by atoms with Crippen LogP contribution in [-0.4, -0.2) is 11.6 Å². The monoisotopic (exact) mass is 191 g/mol. The Morgan fingerprint density at radius 1 is 1.36 bits per heavy atom. The summed E-state index contributed by atoms with van der Waals surface area (Å²) in [6.07, 6.45) is 1.03. The van der Waals surface area contributed by atoms with E-state index in [1.807, 2.05) is 6.92 Å². The van der Waals surface area contributed by atoms with Crippen molar-refractivity contribution in [1.29, 1.82) is 0 Å². The normalized spacial score (nSPS) is 15.1. The average molecular weight is 191 g/mol. The number of fused-ring (bicyclic) bond motifs is 1. The van der Waals surface area contributed by atoms with Gasteiger partial charge in [0.25, 0.3) is 0 Å². The van der Waals surface area contributed by atoms with Gasteiger partial charge >= 0.3 is 0 Å². The van der Waals surface area contributed by atoms with Crippen LogP contribution < -0.4 is 4.74 Å². The van der Waals surface area contributed by atoms with E-state index in [0.717, 1.165) is 30.2 Å². The van der Waals surface area contributed by atoms with Crippen molar-refractivity contribution in [3.63, 3.8) is 0 Å². The molecule has 1 aromatic heterocycles. The number of aryl methyl sites for hydroxylation is 1. The first-order chi connectivity index (χ1) is 6.48. The molecule has 2 heterocycles. The molecule has 0 saturated heterocycles. The van der Waals surface area contributed by atoms with Crippen molar-refractivity contribution < 1.29 is 4.74 Å². The van der Waals surface area contributed by atoms with Crippen molar-refractivity contribution in [2.75, 3.05) is 6.61 Å². The van der Waals surface area contributed by atoms with E-state index < -0.39 is 0 Å². The lowest BCUT2D eigenvalue weighted by Gasteiger charge is -2.20. The number of nitrogens with zero attached hydrogens (tertiary/aromatic N) is 1. The highest BCUT2D eigenvalue weighted by molar-refractivity contribution is 5.44. The van der Waals surface area contributed by atoms with Crippen LogP contribution in [0.3, 0.4) is 0 Å². The first-order valence-electron chi connectivity index (χ1n) is 5.12. The van der Waals surface area contributed by atoms with Gasteiger partial charge in [0.1, 0.15) is 5.75 Å². The fraction of sp³-hybridized carbons (Fsp3) is 0.583. The van der Waals surface area contributed by atoms with Gasteiger partial charge in [0.05, 0.1) is 12.3 Å². The first kappa shape index (κ1) is 9.50. The van der Waals surface area contributed by atoms with Crippen LogP contribution in [0, 0.1) is 6.92 Å². The van der Waals surface area contributed by atoms with Gasteiger partial charge in [-0.15, -0.1) is 0 Å². The molecule has 0 spiro atoms. The zero-order valence-electron chi connectivity index (χ0n) is 9.35. The van der Waals surface area contributed by atoms with E-state index in [-0.39, 0.29) is 5.41 Å². The summed E-state index contributed by atoms with van der Waals surface area (Å²) in [7, 11) is 0. The molecule has 0 radical (unpaired) electrons. The van der Waals surface area contributed by atoms with Crippen LogP contribution in [0.2, 0.25) is 0 Å². The van der Waals surface area contributed by atoms with Crippen LogP contribution >= 0.6 is 0 Å². The van der Waals surface area contributed by atoms with Gasteiger partial charge in [0.2, 0.25) is 0 Å². The van der Waals surface area contributed by atoms with Crippen molar-refractivity contribution in [1.82, 2.24) is 4.98 Å². The minimum Gasteiger partial charge on any atom is -0.491 e. The number of ether oxygens (including phenoxy) is 1. The van der Waals surface area contributed by atoms with Crippen LogP contribution in [0.15, 0.2) is 6.07 Å². The minimum absolute atomic E-state index is 0.0699. The fourth-order valence-corrected chi connectivity index (χ4v) is 1.85. The minimum atomic E-state index is 0.0699. The standard InChI is InChI=1S/C12H17NO/c1-8-7-9-5-6-14-10(9)11(13-8)12(2,3)4/h7H,5-6H2,1-4H3. The zero-order valence-corrected chi connectivity index (χ0v) is 9.35. The van der Waals surface area contributed by atoms with Crippen LogP contribution in [0.5, 0.6) is 5.75 Å². The third kappa shape index (κ3) is 1.49. The lowest BCUT2D eigenvalue weighted by atomic mass is 9.89. The smallest absolute Gasteiger partial charge is 0.144 e. The Bertz CT molecular complexity index is 363. The van der Waals surface area contributed by atoms with Gasteiger partial charge in [0, 0.05) is 23.1 Å². The Hall–Kier alpha value is -1.05. The molecule has 2 rings (SSSR count). The van der Waals surface area contributed by atoms with Crippen LogP contribution in [-0.2, 0) is 11.8 Å². The predicted octanol–water partition coefficient (Wildman–Crippen LogP) is 2.62. The van der Waals surface area contributed by atoms with Crippen LogP contribution in [0.4, 0.5) is 0 Å². The zero-order chi connectivity index (χ0) is 10.3. The van der Waals surface area contributed by atoms with Gasteiger partial charge in [0.15, 0.2) is 0 Å². The molecule has 0 unspecified atom stereocenters. The molecule has 0 bridgehead atoms. The lowest BCUT2D eigenvalue weighted by molar-refractivity contribution is 0.344. The SMILES string of the molecule is Cc1cc2c(c(C(C)(C)C)n1)OCC2. The molecule has 0 aliphatic carbocycles. The maximum atomic E-state index is 5.65. The van der Waals surface area contributed by atoms with E-state index in [1.165, 1.54) is 5.56 Å². The van der Waals surface area contributed by atoms with E-state index >= 15 is 0 Å². The summed E-state index contributed by atoms with van der Waals surface area (Å²) in [4.78, 5) is 4.59. The topological polar surface area (TPSA) is 22.1 Å². The van der Waals surface area contributed by atoms with E-state index in [4.69, 9.17) is 4.74 Å². The third-order valence-electron chi connectivity index (χ3n) is 2.51. The summed E-state index contributed by atoms with van der Waals surface area (Å²) in [6.45, 7) is 9.39. The maximum Gasteiger partial charge on any atom is 0.144 e. The highest BCUT2D eigenvalue weighted by Gasteiger charge is 2.26. The number of hydrogen-bond donors (Lipinski definition) is 0. The molecule has 0 saturated carbocycles. The van der Waals surface area contributed by atoms with Gasteiger partial charge in [-0.05, 0) is 13.0 Å². The Morgan fingerprint density at radius 2 is 2.07 bits per heavy atom. The van der Waals surface area contributed by atoms with Gasteiger partial charge in [-0.3, -0.25) is 4.98 Å². The van der Waals surface area contributed by atoms with Gasteiger partial charge < -0.3 is 4.74 Å². The second-order valence-corrected chi connectivity index (χ2v) is 4.95. The van der Waals surface area contributed by atoms with Crippen molar-refractivity contribution in [3.8, 4) is 5.75 Å². The second kappa shape index (κ2) is 2.97. The number of rotatable bonds is 0. The summed E-state index contributed by atoms with van der Waals surface area (Å²) >= 11 is 0. The molecular formula is C12H17NO. The molecule has 1 aliphatic heterocycles. The highest BCUT2D eigenvalue weighted by Crippen LogP contribution is 2.36. The van der Waals surface area contributed by atoms with Crippen molar-refractivity contribution >= 4 is 0 Å². The first-order valence-corrected chi connectivity index (χ1v) is 5.12. The van der Waals surface area contributed by atoms with Gasteiger partial charge in [-0.2, -0.15) is 0 Å². The highest BCUT2D eigenvalue weighted by atomic mass is 16.5. The van der Waals surface area contributed by atoms with Crippen LogP contribution in [0.1, 0.15) is 37.7 Å². The Balaban J connectivity index is 2.60. The summed E-state index contributed by atoms with van der Waals surface area (Å²) in [6, 6.07) is 2.14. The van der Waals surface area contributed by atoms with Gasteiger partial charge in [-0.1, -0.05) is 20.8 Å². The van der Waals surface area contributed by atoms with E-state index in [2.05, 4.69) is 31.8 Å². The average Bonchev–Trinajstić information content (AvgIpc) is 2.47. The Morgan fingerprint density at radius 3 is 2.71 bits per heavy atom. The van der Waals surface area contributed by atoms with E-state index in [1.54, 1.807) is 0 Å². The Kier molecular flexibility index (Phi) is 2.02. The van der Waals surface area contributed by atoms with Crippen molar-refractivity contribution in [2.45, 2.75) is 39.5 Å². The quantitative estimate of drug-likeness (QED) is 0.629. The molecule has 0 N–H and O–H groups in total. The fourth-order valence-electron chi connectivity index (χ4n) is 1.85. The maximum absolute atomic E-state index is 5.65. The molecular weight excluding hydrogens is 174 g/mol. The third-order valence-corrected chi connectivity index (χ3v) is 2.51. The second-order valence-electron chi connectivity index (χ2n) is 4.95. The predicted molar refractivity (Wildman–Crippen MR) is 56.9 cm³/mol. The molecule has 0 aromatic carbocycles. The summed E-state index contributed by atoms with van der Waals surface area (Å²) < 4.78 is 5.65. The molecule has 2 heteroatoms. The number of aromatic nitrogens is 1. The summed E-state index contributed by atoms with van der Waals surface area (Å²) in [5, 5.41) is 0. The molecule has 76 valence electrons. The van der Waals surface area contributed by atoms with Crippen LogP contribution in [0.25, 0.3) is 0 Å². The molecule has 0 fully saturated rings. The molecule has 2 nitrogen and oxygen atoms in total. The van der Waals surface area contributed by atoms with Gasteiger partial charge in [-0.25, -0.2) is 0 Å². The molecule has 1 aliphatic rings. The van der Waals surface area contributed by atoms with Crippen molar-refractivity contribution in [3.05, 3.63) is 23.0 Å². The largest absolute Gasteiger partial charge is 0.491 e. The lowest BCUT2D eigenvalue weighted by Crippen LogP contribution is -2.15. The molecule has 0 amide bonds. The van der Waals surface area contributed by atoms with Crippen molar-refractivity contribution in [2.24, 2.45) is 0 Å². The van der Waals surface area contributed by atoms with E-state index in [9.17, 15) is 0 Å². The van der Waals surface area contributed by atoms with E-state index in [0.29, 0.717) is 0 Å². The summed E-state index contributed by atoms with van der Waals surface area (Å²) in [5.41, 5.74) is 3.59. The number of hydrogen-bond acceptors (Lipinski definition) is 2. The molecule has 0 atom stereocenters. The Labute approximate surface area is 85.3 Å². The molecule has 14 heavy (non-hydrogen) atoms. The summed E-state index contributed by atoms with van der Waals surface area (Å²) in [5.74, 6) is 1.03. The molecule has 1 aromatic rings. The number of pyridine rings is 1.